The number of fused-ring (bicyclic) bond motifs is 1. The number of anilines is 1. The molecule has 0 saturated carbocycles. The van der Waals surface area contributed by atoms with Crippen LogP contribution in [0.1, 0.15) is 36.5 Å². The molecule has 0 aliphatic carbocycles. The molecule has 0 spiro atoms. The van der Waals surface area contributed by atoms with Gasteiger partial charge in [0.25, 0.3) is 0 Å². The second-order valence-electron chi connectivity index (χ2n) is 8.43. The Hall–Kier alpha value is -2.54. The first-order valence-corrected chi connectivity index (χ1v) is 10.4. The van der Waals surface area contributed by atoms with Crippen molar-refractivity contribution in [2.45, 2.75) is 38.4 Å². The number of hydrogen-bond donors (Lipinski definition) is 0. The van der Waals surface area contributed by atoms with Gasteiger partial charge in [0.2, 0.25) is 5.91 Å². The van der Waals surface area contributed by atoms with E-state index in [9.17, 15) is 18.0 Å². The van der Waals surface area contributed by atoms with E-state index in [1.165, 1.54) is 6.07 Å². The molecule has 1 unspecified atom stereocenters. The van der Waals surface area contributed by atoms with Crippen LogP contribution in [-0.4, -0.2) is 44.6 Å². The highest BCUT2D eigenvalue weighted by Gasteiger charge is 2.41. The van der Waals surface area contributed by atoms with Gasteiger partial charge in [-0.05, 0) is 68.8 Å². The lowest BCUT2D eigenvalue weighted by atomic mass is 9.82. The molecule has 1 aliphatic heterocycles. The standard InChI is InChI=1S/C24H29F3N2O2/c1-15(28(3)4)14-29-22-8-6-7-21(24(25,26)27)20(22)13-19(16(2)23(29)30)17-9-11-18(31-5)12-10-17/h6-12,15-16,19H,13-14H2,1-5H3/t15?,16-,19-/m1/s1. The van der Waals surface area contributed by atoms with E-state index in [-0.39, 0.29) is 29.9 Å². The summed E-state index contributed by atoms with van der Waals surface area (Å²) in [6.45, 7) is 4.08. The Kier molecular flexibility index (Phi) is 6.65. The molecule has 7 heteroatoms. The van der Waals surface area contributed by atoms with Gasteiger partial charge in [0.1, 0.15) is 5.75 Å². The van der Waals surface area contributed by atoms with Gasteiger partial charge < -0.3 is 14.5 Å². The number of rotatable bonds is 5. The molecule has 0 fully saturated rings. The zero-order valence-corrected chi connectivity index (χ0v) is 18.5. The summed E-state index contributed by atoms with van der Waals surface area (Å²) in [5.41, 5.74) is 0.691. The minimum absolute atomic E-state index is 0.0175. The van der Waals surface area contributed by atoms with Crippen LogP contribution in [0.15, 0.2) is 42.5 Å². The molecule has 3 atom stereocenters. The van der Waals surface area contributed by atoms with Crippen molar-refractivity contribution in [1.29, 1.82) is 0 Å². The van der Waals surface area contributed by atoms with Crippen molar-refractivity contribution >= 4 is 11.6 Å². The monoisotopic (exact) mass is 434 g/mol. The number of likely N-dealkylation sites (N-methyl/N-ethyl adjacent to an activating group) is 1. The second kappa shape index (κ2) is 8.91. The summed E-state index contributed by atoms with van der Waals surface area (Å²) in [4.78, 5) is 17.0. The molecule has 0 aromatic heterocycles. The quantitative estimate of drug-likeness (QED) is 0.666. The molecule has 0 bridgehead atoms. The molecule has 4 nitrogen and oxygen atoms in total. The van der Waals surface area contributed by atoms with E-state index >= 15 is 0 Å². The number of alkyl halides is 3. The number of halogens is 3. The summed E-state index contributed by atoms with van der Waals surface area (Å²) in [5.74, 6) is -0.349. The lowest BCUT2D eigenvalue weighted by Gasteiger charge is -2.31. The molecule has 2 aromatic carbocycles. The Morgan fingerprint density at radius 1 is 1.16 bits per heavy atom. The lowest BCUT2D eigenvalue weighted by molar-refractivity contribution is -0.138. The normalized spacial score (nSPS) is 20.4. The van der Waals surface area contributed by atoms with Crippen LogP contribution >= 0.6 is 0 Å². The molecular formula is C24H29F3N2O2. The highest BCUT2D eigenvalue weighted by atomic mass is 19.4. The van der Waals surface area contributed by atoms with Crippen molar-refractivity contribution in [2.75, 3.05) is 32.6 Å². The third-order valence-electron chi connectivity index (χ3n) is 6.30. The first-order valence-electron chi connectivity index (χ1n) is 10.4. The fourth-order valence-electron chi connectivity index (χ4n) is 4.11. The number of hydrogen-bond acceptors (Lipinski definition) is 3. The predicted octanol–water partition coefficient (Wildman–Crippen LogP) is 4.97. The van der Waals surface area contributed by atoms with Crippen molar-refractivity contribution in [3.63, 3.8) is 0 Å². The summed E-state index contributed by atoms with van der Waals surface area (Å²) < 4.78 is 47.0. The van der Waals surface area contributed by atoms with Crippen LogP contribution in [0.5, 0.6) is 5.75 Å². The summed E-state index contributed by atoms with van der Waals surface area (Å²) in [6, 6.07) is 11.3. The number of methoxy groups -OCH3 is 1. The van der Waals surface area contributed by atoms with Crippen LogP contribution < -0.4 is 9.64 Å². The van der Waals surface area contributed by atoms with Crippen molar-refractivity contribution in [3.8, 4) is 5.75 Å². The summed E-state index contributed by atoms with van der Waals surface area (Å²) >= 11 is 0. The number of amides is 1. The van der Waals surface area contributed by atoms with E-state index < -0.39 is 17.7 Å². The third-order valence-corrected chi connectivity index (χ3v) is 6.30. The molecule has 0 N–H and O–H groups in total. The molecule has 31 heavy (non-hydrogen) atoms. The molecular weight excluding hydrogens is 405 g/mol. The second-order valence-corrected chi connectivity index (χ2v) is 8.43. The smallest absolute Gasteiger partial charge is 0.416 e. The fourth-order valence-corrected chi connectivity index (χ4v) is 4.11. The average molecular weight is 435 g/mol. The molecule has 1 heterocycles. The van der Waals surface area contributed by atoms with Gasteiger partial charge in [0.05, 0.1) is 12.7 Å². The maximum atomic E-state index is 13.9. The fraction of sp³-hybridized carbons (Fsp3) is 0.458. The van der Waals surface area contributed by atoms with Gasteiger partial charge >= 0.3 is 6.18 Å². The van der Waals surface area contributed by atoms with Crippen LogP contribution in [0.3, 0.4) is 0 Å². The van der Waals surface area contributed by atoms with E-state index in [0.29, 0.717) is 18.0 Å². The highest BCUT2D eigenvalue weighted by Crippen LogP contribution is 2.43. The summed E-state index contributed by atoms with van der Waals surface area (Å²) in [6.07, 6.45) is -4.36. The largest absolute Gasteiger partial charge is 0.497 e. The van der Waals surface area contributed by atoms with Crippen LogP contribution in [0.2, 0.25) is 0 Å². The Morgan fingerprint density at radius 2 is 1.81 bits per heavy atom. The van der Waals surface area contributed by atoms with E-state index in [2.05, 4.69) is 0 Å². The number of nitrogens with zero attached hydrogens (tertiary/aromatic N) is 2. The average Bonchev–Trinajstić information content (AvgIpc) is 2.83. The van der Waals surface area contributed by atoms with Crippen molar-refractivity contribution in [1.82, 2.24) is 4.90 Å². The van der Waals surface area contributed by atoms with E-state index in [1.54, 1.807) is 30.2 Å². The number of carbonyl (C=O) groups is 1. The van der Waals surface area contributed by atoms with Crippen LogP contribution in [0.4, 0.5) is 18.9 Å². The molecule has 2 aromatic rings. The van der Waals surface area contributed by atoms with Crippen LogP contribution in [-0.2, 0) is 17.4 Å². The Morgan fingerprint density at radius 3 is 2.35 bits per heavy atom. The summed E-state index contributed by atoms with van der Waals surface area (Å²) in [5, 5.41) is 0. The molecule has 0 saturated heterocycles. The first-order chi connectivity index (χ1) is 14.5. The topological polar surface area (TPSA) is 32.8 Å². The number of ether oxygens (including phenoxy) is 1. The van der Waals surface area contributed by atoms with E-state index in [0.717, 1.165) is 11.6 Å². The minimum Gasteiger partial charge on any atom is -0.497 e. The zero-order valence-electron chi connectivity index (χ0n) is 18.5. The van der Waals surface area contributed by atoms with Crippen LogP contribution in [0, 0.1) is 5.92 Å². The van der Waals surface area contributed by atoms with Gasteiger partial charge in [-0.3, -0.25) is 4.79 Å². The molecule has 1 amide bonds. The van der Waals surface area contributed by atoms with Crippen molar-refractivity contribution < 1.29 is 22.7 Å². The number of carbonyl (C=O) groups excluding carboxylic acids is 1. The Balaban J connectivity index is 2.15. The van der Waals surface area contributed by atoms with Gasteiger partial charge in [-0.1, -0.05) is 25.1 Å². The maximum absolute atomic E-state index is 13.9. The molecule has 168 valence electrons. The van der Waals surface area contributed by atoms with Gasteiger partial charge in [0, 0.05) is 24.2 Å². The van der Waals surface area contributed by atoms with Gasteiger partial charge in [-0.15, -0.1) is 0 Å². The van der Waals surface area contributed by atoms with Crippen molar-refractivity contribution in [3.05, 3.63) is 59.2 Å². The van der Waals surface area contributed by atoms with Gasteiger partial charge in [-0.25, -0.2) is 0 Å². The molecule has 0 radical (unpaired) electrons. The molecule has 1 aliphatic rings. The third kappa shape index (κ3) is 4.71. The zero-order chi connectivity index (χ0) is 22.9. The van der Waals surface area contributed by atoms with Crippen molar-refractivity contribution in [2.24, 2.45) is 5.92 Å². The van der Waals surface area contributed by atoms with E-state index in [1.807, 2.05) is 45.0 Å². The van der Waals surface area contributed by atoms with Gasteiger partial charge in [-0.2, -0.15) is 13.2 Å². The van der Waals surface area contributed by atoms with Gasteiger partial charge in [0.15, 0.2) is 0 Å². The lowest BCUT2D eigenvalue weighted by Crippen LogP contribution is -2.44. The molecule has 3 rings (SSSR count). The SMILES string of the molecule is COc1ccc([C@@H]2Cc3c(cccc3C(F)(F)F)N(CC(C)N(C)C)C(=O)[C@@H]2C)cc1. The van der Waals surface area contributed by atoms with Crippen LogP contribution in [0.25, 0.3) is 0 Å². The minimum atomic E-state index is -4.49. The Bertz CT molecular complexity index is 925. The van der Waals surface area contributed by atoms with E-state index in [4.69, 9.17) is 4.74 Å². The highest BCUT2D eigenvalue weighted by molar-refractivity contribution is 5.97. The predicted molar refractivity (Wildman–Crippen MR) is 116 cm³/mol. The Labute approximate surface area is 181 Å². The maximum Gasteiger partial charge on any atom is 0.416 e. The first kappa shape index (κ1) is 23.1. The summed E-state index contributed by atoms with van der Waals surface area (Å²) in [7, 11) is 5.34. The number of benzene rings is 2.